The van der Waals surface area contributed by atoms with Crippen LogP contribution in [0, 0.1) is 0 Å². The molecule has 0 aliphatic carbocycles. The van der Waals surface area contributed by atoms with Gasteiger partial charge in [-0.15, -0.1) is 0 Å². The molecular weight excluding hydrogens is 383 g/mol. The minimum atomic E-state index is 1.11. The summed E-state index contributed by atoms with van der Waals surface area (Å²) in [5.41, 5.74) is 1.36. The molecule has 0 N–H and O–H groups in total. The normalized spacial score (nSPS) is 10.1. The first kappa shape index (κ1) is 9.99. The number of halogens is 3. The van der Waals surface area contributed by atoms with Crippen LogP contribution in [0.25, 0.3) is 0 Å². The summed E-state index contributed by atoms with van der Waals surface area (Å²) in [6.07, 6.45) is 1.11. The van der Waals surface area contributed by atoms with E-state index in [1.165, 1.54) is 14.5 Å². The lowest BCUT2D eigenvalue weighted by molar-refractivity contribution is 1.15. The molecule has 0 aromatic heterocycles. The summed E-state index contributed by atoms with van der Waals surface area (Å²) >= 11 is 9.41. The second kappa shape index (κ2) is 4.82. The molecule has 0 saturated carbocycles. The van der Waals surface area contributed by atoms with E-state index in [0.29, 0.717) is 0 Å². The Kier molecular flexibility index (Phi) is 4.38. The third-order valence-corrected chi connectivity index (χ3v) is 3.43. The summed E-state index contributed by atoms with van der Waals surface area (Å²) < 4.78 is 3.55. The summed E-state index contributed by atoms with van der Waals surface area (Å²) in [6, 6.07) is 6.18. The van der Waals surface area contributed by atoms with Crippen LogP contribution in [0.2, 0.25) is 0 Å². The molecule has 0 spiro atoms. The molecule has 1 aromatic carbocycles. The van der Waals surface area contributed by atoms with Gasteiger partial charge in [0, 0.05) is 13.4 Å². The summed E-state index contributed by atoms with van der Waals surface area (Å²) in [4.78, 5) is 0. The van der Waals surface area contributed by atoms with Crippen LogP contribution >= 0.6 is 54.5 Å². The van der Waals surface area contributed by atoms with Gasteiger partial charge in [0.05, 0.1) is 0 Å². The van der Waals surface area contributed by atoms with E-state index in [-0.39, 0.29) is 0 Å². The number of hydrogen-bond acceptors (Lipinski definition) is 0. The fraction of sp³-hybridized carbons (Fsp3) is 0.250. The molecule has 60 valence electrons. The Bertz CT molecular complexity index is 228. The number of rotatable bonds is 2. The standard InChI is InChI=1S/C8H7Br2I/c9-7-2-1-3-8(10)6(7)4-5-11/h1-3H,4-5H2. The van der Waals surface area contributed by atoms with Crippen LogP contribution in [0.4, 0.5) is 0 Å². The van der Waals surface area contributed by atoms with Crippen molar-refractivity contribution >= 4 is 54.5 Å². The molecule has 0 heterocycles. The Labute approximate surface area is 97.2 Å². The van der Waals surface area contributed by atoms with Crippen LogP contribution in [-0.4, -0.2) is 4.43 Å². The van der Waals surface area contributed by atoms with Gasteiger partial charge in [-0.2, -0.15) is 0 Å². The Morgan fingerprint density at radius 2 is 1.73 bits per heavy atom. The van der Waals surface area contributed by atoms with E-state index < -0.39 is 0 Å². The van der Waals surface area contributed by atoms with Gasteiger partial charge >= 0.3 is 0 Å². The lowest BCUT2D eigenvalue weighted by Gasteiger charge is -2.03. The Hall–Kier alpha value is 0.910. The van der Waals surface area contributed by atoms with Crippen molar-refractivity contribution in [2.45, 2.75) is 6.42 Å². The predicted octanol–water partition coefficient (Wildman–Crippen LogP) is 4.19. The summed E-state index contributed by atoms with van der Waals surface area (Å²) in [7, 11) is 0. The van der Waals surface area contributed by atoms with Crippen molar-refractivity contribution < 1.29 is 0 Å². The zero-order valence-electron chi connectivity index (χ0n) is 5.78. The van der Waals surface area contributed by atoms with Crippen molar-refractivity contribution in [2.75, 3.05) is 4.43 Å². The van der Waals surface area contributed by atoms with Crippen LogP contribution < -0.4 is 0 Å². The molecular formula is C8H7Br2I. The quantitative estimate of drug-likeness (QED) is 0.525. The maximum Gasteiger partial charge on any atom is 0.0218 e. The SMILES string of the molecule is Brc1cccc(Br)c1CCI. The Morgan fingerprint density at radius 3 is 2.18 bits per heavy atom. The monoisotopic (exact) mass is 388 g/mol. The zero-order chi connectivity index (χ0) is 8.27. The molecule has 0 bridgehead atoms. The van der Waals surface area contributed by atoms with Gasteiger partial charge in [-0.3, -0.25) is 0 Å². The molecule has 3 heteroatoms. The molecule has 0 fully saturated rings. The van der Waals surface area contributed by atoms with Gasteiger partial charge in [0.25, 0.3) is 0 Å². The second-order valence-electron chi connectivity index (χ2n) is 2.14. The van der Waals surface area contributed by atoms with E-state index in [4.69, 9.17) is 0 Å². The van der Waals surface area contributed by atoms with E-state index in [2.05, 4.69) is 66.6 Å². The zero-order valence-corrected chi connectivity index (χ0v) is 11.1. The van der Waals surface area contributed by atoms with Crippen molar-refractivity contribution in [3.05, 3.63) is 32.7 Å². The minimum Gasteiger partial charge on any atom is -0.0860 e. The summed E-state index contributed by atoms with van der Waals surface area (Å²) in [5, 5.41) is 0. The van der Waals surface area contributed by atoms with Gasteiger partial charge in [-0.25, -0.2) is 0 Å². The maximum atomic E-state index is 3.51. The smallest absolute Gasteiger partial charge is 0.0218 e. The highest BCUT2D eigenvalue weighted by Gasteiger charge is 2.01. The first-order valence-electron chi connectivity index (χ1n) is 3.24. The predicted molar refractivity (Wildman–Crippen MR) is 64.4 cm³/mol. The van der Waals surface area contributed by atoms with Gasteiger partial charge in [-0.05, 0) is 24.1 Å². The van der Waals surface area contributed by atoms with Crippen LogP contribution in [0.5, 0.6) is 0 Å². The number of hydrogen-bond donors (Lipinski definition) is 0. The topological polar surface area (TPSA) is 0 Å². The lowest BCUT2D eigenvalue weighted by Crippen LogP contribution is -1.88. The van der Waals surface area contributed by atoms with E-state index >= 15 is 0 Å². The van der Waals surface area contributed by atoms with Crippen molar-refractivity contribution in [3.8, 4) is 0 Å². The lowest BCUT2D eigenvalue weighted by atomic mass is 10.2. The third kappa shape index (κ3) is 2.70. The molecule has 0 unspecified atom stereocenters. The van der Waals surface area contributed by atoms with Gasteiger partial charge in [-0.1, -0.05) is 60.5 Å². The van der Waals surface area contributed by atoms with Crippen molar-refractivity contribution in [2.24, 2.45) is 0 Å². The van der Waals surface area contributed by atoms with Gasteiger partial charge in [0.2, 0.25) is 0 Å². The third-order valence-electron chi connectivity index (χ3n) is 1.41. The van der Waals surface area contributed by atoms with Gasteiger partial charge in [0.1, 0.15) is 0 Å². The fourth-order valence-electron chi connectivity index (χ4n) is 0.866. The maximum absolute atomic E-state index is 3.51. The second-order valence-corrected chi connectivity index (χ2v) is 4.93. The van der Waals surface area contributed by atoms with E-state index in [1.807, 2.05) is 6.07 Å². The highest BCUT2D eigenvalue weighted by Crippen LogP contribution is 2.25. The van der Waals surface area contributed by atoms with Crippen molar-refractivity contribution in [1.82, 2.24) is 0 Å². The molecule has 1 rings (SSSR count). The largest absolute Gasteiger partial charge is 0.0860 e. The van der Waals surface area contributed by atoms with Crippen molar-refractivity contribution in [1.29, 1.82) is 0 Å². The van der Waals surface area contributed by atoms with Crippen molar-refractivity contribution in [3.63, 3.8) is 0 Å². The highest BCUT2D eigenvalue weighted by atomic mass is 127. The van der Waals surface area contributed by atoms with Crippen LogP contribution in [0.15, 0.2) is 27.1 Å². The summed E-state index contributed by atoms with van der Waals surface area (Å²) in [6.45, 7) is 0. The summed E-state index contributed by atoms with van der Waals surface area (Å²) in [5.74, 6) is 0. The van der Waals surface area contributed by atoms with Crippen LogP contribution in [-0.2, 0) is 6.42 Å². The number of alkyl halides is 1. The Morgan fingerprint density at radius 1 is 1.18 bits per heavy atom. The van der Waals surface area contributed by atoms with Crippen LogP contribution in [0.1, 0.15) is 5.56 Å². The minimum absolute atomic E-state index is 1.11. The molecule has 0 amide bonds. The first-order valence-corrected chi connectivity index (χ1v) is 6.35. The number of benzene rings is 1. The molecule has 0 nitrogen and oxygen atoms in total. The van der Waals surface area contributed by atoms with Crippen LogP contribution in [0.3, 0.4) is 0 Å². The van der Waals surface area contributed by atoms with Gasteiger partial charge in [0.15, 0.2) is 0 Å². The highest BCUT2D eigenvalue weighted by molar-refractivity contribution is 14.1. The molecule has 0 radical (unpaired) electrons. The van der Waals surface area contributed by atoms with E-state index in [1.54, 1.807) is 0 Å². The molecule has 1 aromatic rings. The average Bonchev–Trinajstić information content (AvgIpc) is 1.97. The first-order chi connectivity index (χ1) is 5.25. The molecule has 0 atom stereocenters. The molecule has 0 saturated heterocycles. The average molecular weight is 390 g/mol. The van der Waals surface area contributed by atoms with E-state index in [9.17, 15) is 0 Å². The fourth-order valence-corrected chi connectivity index (χ4v) is 2.80. The van der Waals surface area contributed by atoms with Gasteiger partial charge < -0.3 is 0 Å². The van der Waals surface area contributed by atoms with E-state index in [0.717, 1.165) is 10.8 Å². The Balaban J connectivity index is 3.00. The molecule has 0 aliphatic rings. The molecule has 11 heavy (non-hydrogen) atoms. The molecule has 0 aliphatic heterocycles.